The average Bonchev–Trinajstić information content (AvgIpc) is 3.31. The molecule has 2 aromatic rings. The summed E-state index contributed by atoms with van der Waals surface area (Å²) in [5.41, 5.74) is 0.960. The van der Waals surface area contributed by atoms with Crippen molar-refractivity contribution in [3.05, 3.63) is 36.2 Å². The molecule has 124 valence electrons. The Bertz CT molecular complexity index is 751. The van der Waals surface area contributed by atoms with Gasteiger partial charge in [0, 0.05) is 24.6 Å². The third-order valence-electron chi connectivity index (χ3n) is 6.07. The molecule has 2 heterocycles. The topological polar surface area (TPSA) is 59.2 Å². The number of likely N-dealkylation sites (tertiary alicyclic amines) is 1. The summed E-state index contributed by atoms with van der Waals surface area (Å²) in [5.74, 6) is 3.58. The first kappa shape index (κ1) is 14.2. The summed E-state index contributed by atoms with van der Waals surface area (Å²) < 4.78 is 5.43. The molecule has 3 atom stereocenters. The van der Waals surface area contributed by atoms with Gasteiger partial charge >= 0.3 is 0 Å². The predicted molar refractivity (Wildman–Crippen MR) is 88.0 cm³/mol. The number of amides is 1. The van der Waals surface area contributed by atoms with Crippen LogP contribution in [0, 0.1) is 17.8 Å². The van der Waals surface area contributed by atoms with Gasteiger partial charge in [-0.3, -0.25) is 4.79 Å². The molecule has 1 aromatic carbocycles. The second-order valence-corrected chi connectivity index (χ2v) is 7.54. The van der Waals surface area contributed by atoms with Gasteiger partial charge in [-0.05, 0) is 31.1 Å². The highest BCUT2D eigenvalue weighted by Gasteiger charge is 2.47. The lowest BCUT2D eigenvalue weighted by atomic mass is 9.86. The molecule has 0 spiro atoms. The van der Waals surface area contributed by atoms with E-state index in [-0.39, 0.29) is 11.8 Å². The van der Waals surface area contributed by atoms with Gasteiger partial charge in [0.15, 0.2) is 0 Å². The van der Waals surface area contributed by atoms with E-state index in [1.54, 1.807) is 0 Å². The highest BCUT2D eigenvalue weighted by atomic mass is 16.5. The number of fused-ring (bicyclic) bond motifs is 2. The molecule has 1 saturated heterocycles. The van der Waals surface area contributed by atoms with Gasteiger partial charge in [-0.2, -0.15) is 4.98 Å². The Balaban J connectivity index is 1.22. The van der Waals surface area contributed by atoms with Gasteiger partial charge in [0.2, 0.25) is 17.6 Å². The molecule has 5 nitrogen and oxygen atoms in total. The molecule has 3 fully saturated rings. The van der Waals surface area contributed by atoms with Crippen LogP contribution in [-0.2, 0) is 4.79 Å². The molecule has 1 aromatic heterocycles. The highest BCUT2D eigenvalue weighted by Crippen LogP contribution is 2.49. The first-order chi connectivity index (χ1) is 11.8. The lowest BCUT2D eigenvalue weighted by molar-refractivity contribution is -0.142. The fourth-order valence-electron chi connectivity index (χ4n) is 4.70. The molecule has 2 aliphatic carbocycles. The van der Waals surface area contributed by atoms with Gasteiger partial charge in [0.05, 0.1) is 5.92 Å². The molecule has 5 heteroatoms. The fourth-order valence-corrected chi connectivity index (χ4v) is 4.70. The van der Waals surface area contributed by atoms with Crippen LogP contribution in [0.15, 0.2) is 34.9 Å². The fraction of sp³-hybridized carbons (Fsp3) is 0.526. The van der Waals surface area contributed by atoms with Crippen LogP contribution in [-0.4, -0.2) is 34.0 Å². The number of hydrogen-bond acceptors (Lipinski definition) is 4. The minimum absolute atomic E-state index is 0.192. The molecule has 3 aliphatic rings. The molecule has 0 unspecified atom stereocenters. The molecule has 5 rings (SSSR count). The zero-order valence-corrected chi connectivity index (χ0v) is 13.6. The standard InChI is InChI=1S/C19H21N3O2/c23-19(16-9-12-6-7-14(16)8-12)22-10-15(11-22)18-20-17(21-24-18)13-4-2-1-3-5-13/h1-5,12,14-16H,6-11H2/t12-,14+,16-/m1/s1. The molecule has 2 saturated carbocycles. The number of aromatic nitrogens is 2. The van der Waals surface area contributed by atoms with Gasteiger partial charge in [-0.15, -0.1) is 0 Å². The SMILES string of the molecule is O=C([C@@H]1C[C@@H]2CC[C@H]1C2)N1CC(c2nc(-c3ccccc3)no2)C1. The Kier molecular flexibility index (Phi) is 3.21. The number of carbonyl (C=O) groups excluding carboxylic acids is 1. The van der Waals surface area contributed by atoms with Crippen molar-refractivity contribution in [3.8, 4) is 11.4 Å². The van der Waals surface area contributed by atoms with Crippen LogP contribution < -0.4 is 0 Å². The number of carbonyl (C=O) groups is 1. The number of hydrogen-bond donors (Lipinski definition) is 0. The summed E-state index contributed by atoms with van der Waals surface area (Å²) in [4.78, 5) is 19.2. The number of nitrogens with zero attached hydrogens (tertiary/aromatic N) is 3. The molecule has 0 N–H and O–H groups in total. The van der Waals surface area contributed by atoms with Gasteiger partial charge < -0.3 is 9.42 Å². The Morgan fingerprint density at radius 2 is 1.96 bits per heavy atom. The summed E-state index contributed by atoms with van der Waals surface area (Å²) in [5, 5.41) is 4.08. The smallest absolute Gasteiger partial charge is 0.233 e. The number of rotatable bonds is 3. The molecule has 1 aliphatic heterocycles. The quantitative estimate of drug-likeness (QED) is 0.871. The van der Waals surface area contributed by atoms with Crippen LogP contribution in [0.2, 0.25) is 0 Å². The largest absolute Gasteiger partial charge is 0.341 e. The van der Waals surface area contributed by atoms with Crippen molar-refractivity contribution in [2.45, 2.75) is 31.6 Å². The lowest BCUT2D eigenvalue weighted by Crippen LogP contribution is -2.51. The molecule has 1 amide bonds. The van der Waals surface area contributed by atoms with E-state index in [2.05, 4.69) is 10.1 Å². The van der Waals surface area contributed by atoms with Crippen LogP contribution >= 0.6 is 0 Å². The van der Waals surface area contributed by atoms with E-state index in [1.165, 1.54) is 19.3 Å². The van der Waals surface area contributed by atoms with Gasteiger partial charge in [0.1, 0.15) is 0 Å². The Morgan fingerprint density at radius 3 is 2.67 bits per heavy atom. The van der Waals surface area contributed by atoms with Crippen molar-refractivity contribution >= 4 is 5.91 Å². The zero-order chi connectivity index (χ0) is 16.1. The van der Waals surface area contributed by atoms with E-state index in [1.807, 2.05) is 35.2 Å². The maximum atomic E-state index is 12.7. The molecular weight excluding hydrogens is 302 g/mol. The van der Waals surface area contributed by atoms with E-state index in [0.29, 0.717) is 23.5 Å². The van der Waals surface area contributed by atoms with E-state index in [4.69, 9.17) is 4.52 Å². The van der Waals surface area contributed by atoms with Gasteiger partial charge in [0.25, 0.3) is 0 Å². The van der Waals surface area contributed by atoms with Gasteiger partial charge in [-0.1, -0.05) is 41.9 Å². The second-order valence-electron chi connectivity index (χ2n) is 7.54. The van der Waals surface area contributed by atoms with Crippen LogP contribution in [0.4, 0.5) is 0 Å². The van der Waals surface area contributed by atoms with E-state index < -0.39 is 0 Å². The monoisotopic (exact) mass is 323 g/mol. The molecule has 0 radical (unpaired) electrons. The van der Waals surface area contributed by atoms with Crippen molar-refractivity contribution in [2.24, 2.45) is 17.8 Å². The highest BCUT2D eigenvalue weighted by molar-refractivity contribution is 5.80. The maximum Gasteiger partial charge on any atom is 0.233 e. The molecule has 2 bridgehead atoms. The van der Waals surface area contributed by atoms with Crippen LogP contribution in [0.1, 0.15) is 37.5 Å². The first-order valence-electron chi connectivity index (χ1n) is 8.96. The normalized spacial score (nSPS) is 29.0. The Morgan fingerprint density at radius 1 is 1.12 bits per heavy atom. The van der Waals surface area contributed by atoms with E-state index in [9.17, 15) is 4.79 Å². The summed E-state index contributed by atoms with van der Waals surface area (Å²) >= 11 is 0. The van der Waals surface area contributed by atoms with Gasteiger partial charge in [-0.25, -0.2) is 0 Å². The Hall–Kier alpha value is -2.17. The lowest BCUT2D eigenvalue weighted by Gasteiger charge is -2.40. The Labute approximate surface area is 141 Å². The molecule has 24 heavy (non-hydrogen) atoms. The first-order valence-corrected chi connectivity index (χ1v) is 8.96. The second kappa shape index (κ2) is 5.43. The predicted octanol–water partition coefficient (Wildman–Crippen LogP) is 3.10. The summed E-state index contributed by atoms with van der Waals surface area (Å²) in [6.07, 6.45) is 4.98. The summed E-state index contributed by atoms with van der Waals surface area (Å²) in [6, 6.07) is 9.84. The minimum Gasteiger partial charge on any atom is -0.341 e. The molecular formula is C19H21N3O2. The van der Waals surface area contributed by atoms with E-state index >= 15 is 0 Å². The average molecular weight is 323 g/mol. The van der Waals surface area contributed by atoms with Crippen LogP contribution in [0.3, 0.4) is 0 Å². The van der Waals surface area contributed by atoms with Crippen LogP contribution in [0.25, 0.3) is 11.4 Å². The zero-order valence-electron chi connectivity index (χ0n) is 13.6. The summed E-state index contributed by atoms with van der Waals surface area (Å²) in [7, 11) is 0. The number of benzene rings is 1. The maximum absolute atomic E-state index is 12.7. The van der Waals surface area contributed by atoms with E-state index in [0.717, 1.165) is 31.0 Å². The van der Waals surface area contributed by atoms with Crippen molar-refractivity contribution < 1.29 is 9.32 Å². The van der Waals surface area contributed by atoms with Crippen LogP contribution in [0.5, 0.6) is 0 Å². The van der Waals surface area contributed by atoms with Crippen molar-refractivity contribution in [3.63, 3.8) is 0 Å². The summed E-state index contributed by atoms with van der Waals surface area (Å²) in [6.45, 7) is 1.45. The minimum atomic E-state index is 0.192. The van der Waals surface area contributed by atoms with Crippen molar-refractivity contribution in [1.82, 2.24) is 15.0 Å². The third-order valence-corrected chi connectivity index (χ3v) is 6.07. The van der Waals surface area contributed by atoms with Crippen molar-refractivity contribution in [2.75, 3.05) is 13.1 Å². The third kappa shape index (κ3) is 2.26. The van der Waals surface area contributed by atoms with Crippen molar-refractivity contribution in [1.29, 1.82) is 0 Å².